The second-order valence-electron chi connectivity index (χ2n) is 8.30. The third-order valence-electron chi connectivity index (χ3n) is 5.12. The van der Waals surface area contributed by atoms with Crippen LogP contribution in [0.4, 0.5) is 0 Å². The number of nitrogens with one attached hydrogen (secondary N) is 3. The first-order chi connectivity index (χ1) is 17.8. The van der Waals surface area contributed by atoms with Crippen molar-refractivity contribution < 1.29 is 39.0 Å². The Bertz CT molecular complexity index is 868. The van der Waals surface area contributed by atoms with E-state index in [2.05, 4.69) is 20.9 Å². The lowest BCUT2D eigenvalue weighted by molar-refractivity contribution is -0.143. The molecule has 16 nitrogen and oxygen atoms in total. The molecule has 4 atom stereocenters. The molecule has 0 aliphatic carbocycles. The summed E-state index contributed by atoms with van der Waals surface area (Å²) in [7, 11) is 0. The van der Waals surface area contributed by atoms with Crippen molar-refractivity contribution >= 4 is 53.3 Å². The number of amides is 4. The molecule has 0 radical (unpaired) electrons. The van der Waals surface area contributed by atoms with Crippen LogP contribution in [0, 0.1) is 0 Å². The van der Waals surface area contributed by atoms with E-state index in [4.69, 9.17) is 28.0 Å². The van der Waals surface area contributed by atoms with E-state index in [0.717, 1.165) is 0 Å². The second kappa shape index (κ2) is 18.6. The monoisotopic (exact) mass is 562 g/mol. The Morgan fingerprint density at radius 2 is 1.34 bits per heavy atom. The van der Waals surface area contributed by atoms with Gasteiger partial charge in [0.1, 0.15) is 18.1 Å². The molecular weight excluding hydrogens is 524 g/mol. The summed E-state index contributed by atoms with van der Waals surface area (Å²) in [6.07, 6.45) is 1.10. The number of nitrogens with two attached hydrogens (primary N) is 4. The van der Waals surface area contributed by atoms with Gasteiger partial charge < -0.3 is 49.1 Å². The van der Waals surface area contributed by atoms with Crippen LogP contribution in [0.25, 0.3) is 0 Å². The SMILES string of the molecule is CSCCC(NC(=O)C(N)CCC(N)=O)C(=O)NC(CCC(=O)O)C(=O)NC(CCCN=C(N)N)C(=O)O. The number of guanidine groups is 1. The number of aliphatic carboxylic acids is 2. The lowest BCUT2D eigenvalue weighted by Gasteiger charge is -2.25. The average molecular weight is 563 g/mol. The van der Waals surface area contributed by atoms with Crippen LogP contribution in [0.3, 0.4) is 0 Å². The van der Waals surface area contributed by atoms with E-state index in [9.17, 15) is 33.9 Å². The van der Waals surface area contributed by atoms with E-state index in [1.54, 1.807) is 6.26 Å². The van der Waals surface area contributed by atoms with Crippen molar-refractivity contribution in [3.63, 3.8) is 0 Å². The fourth-order valence-electron chi connectivity index (χ4n) is 3.05. The summed E-state index contributed by atoms with van der Waals surface area (Å²) in [5.74, 6) is -5.38. The van der Waals surface area contributed by atoms with Crippen LogP contribution in [0.2, 0.25) is 0 Å². The van der Waals surface area contributed by atoms with Crippen molar-refractivity contribution in [2.75, 3.05) is 18.6 Å². The Morgan fingerprint density at radius 3 is 1.84 bits per heavy atom. The predicted molar refractivity (Wildman–Crippen MR) is 140 cm³/mol. The first-order valence-corrected chi connectivity index (χ1v) is 13.1. The number of carbonyl (C=O) groups is 6. The first kappa shape index (κ1) is 34.4. The predicted octanol–water partition coefficient (Wildman–Crippen LogP) is -3.21. The van der Waals surface area contributed by atoms with Gasteiger partial charge in [-0.25, -0.2) is 4.79 Å². The highest BCUT2D eigenvalue weighted by Gasteiger charge is 2.30. The largest absolute Gasteiger partial charge is 0.481 e. The van der Waals surface area contributed by atoms with E-state index in [1.807, 2.05) is 0 Å². The van der Waals surface area contributed by atoms with Gasteiger partial charge in [0.2, 0.25) is 23.6 Å². The molecule has 0 rings (SSSR count). The van der Waals surface area contributed by atoms with E-state index in [-0.39, 0.29) is 51.0 Å². The number of rotatable bonds is 20. The Morgan fingerprint density at radius 1 is 0.789 bits per heavy atom. The molecular formula is C21H38N8O8S. The fourth-order valence-corrected chi connectivity index (χ4v) is 3.53. The number of nitrogens with zero attached hydrogens (tertiary/aromatic N) is 1. The molecule has 0 aromatic carbocycles. The lowest BCUT2D eigenvalue weighted by Crippen LogP contribution is -2.57. The molecule has 0 aliphatic rings. The molecule has 0 saturated carbocycles. The quantitative estimate of drug-likeness (QED) is 0.0402. The number of carbonyl (C=O) groups excluding carboxylic acids is 4. The van der Waals surface area contributed by atoms with Crippen LogP contribution in [0.1, 0.15) is 44.9 Å². The number of hydrogen-bond donors (Lipinski definition) is 9. The van der Waals surface area contributed by atoms with Crippen LogP contribution in [0.5, 0.6) is 0 Å². The maximum absolute atomic E-state index is 13.0. The number of carboxylic acids is 2. The third-order valence-corrected chi connectivity index (χ3v) is 5.77. The van der Waals surface area contributed by atoms with Gasteiger partial charge >= 0.3 is 11.9 Å². The molecule has 216 valence electrons. The Balaban J connectivity index is 5.51. The molecule has 0 bridgehead atoms. The summed E-state index contributed by atoms with van der Waals surface area (Å²) >= 11 is 1.39. The second-order valence-corrected chi connectivity index (χ2v) is 9.28. The number of primary amides is 1. The standard InChI is InChI=1S/C21H38N8O8S/c1-38-10-8-13(27-17(33)11(22)4-6-15(23)30)19(35)28-12(5-7-16(31)32)18(34)29-14(20(36)37)3-2-9-26-21(24)25/h11-14H,2-10,22H2,1H3,(H2,23,30)(H,27,33)(H,28,35)(H,29,34)(H,31,32)(H,36,37)(H4,24,25,26). The Labute approximate surface area is 224 Å². The highest BCUT2D eigenvalue weighted by atomic mass is 32.2. The molecule has 17 heteroatoms. The lowest BCUT2D eigenvalue weighted by atomic mass is 10.1. The highest BCUT2D eigenvalue weighted by Crippen LogP contribution is 2.07. The van der Waals surface area contributed by atoms with Gasteiger partial charge in [-0.1, -0.05) is 0 Å². The summed E-state index contributed by atoms with van der Waals surface area (Å²) in [5.41, 5.74) is 21.3. The number of thioether (sulfide) groups is 1. The molecule has 13 N–H and O–H groups in total. The van der Waals surface area contributed by atoms with Gasteiger partial charge in [0.15, 0.2) is 5.96 Å². The molecule has 0 aromatic rings. The minimum absolute atomic E-state index is 0.0347. The summed E-state index contributed by atoms with van der Waals surface area (Å²) in [6.45, 7) is 0.125. The maximum atomic E-state index is 13.0. The summed E-state index contributed by atoms with van der Waals surface area (Å²) in [4.78, 5) is 75.7. The van der Waals surface area contributed by atoms with E-state index >= 15 is 0 Å². The van der Waals surface area contributed by atoms with E-state index in [1.165, 1.54) is 11.8 Å². The van der Waals surface area contributed by atoms with E-state index in [0.29, 0.717) is 5.75 Å². The van der Waals surface area contributed by atoms with Gasteiger partial charge in [-0.05, 0) is 44.1 Å². The van der Waals surface area contributed by atoms with Crippen LogP contribution in [-0.4, -0.2) is 94.5 Å². The van der Waals surface area contributed by atoms with Crippen molar-refractivity contribution in [3.8, 4) is 0 Å². The van der Waals surface area contributed by atoms with Crippen molar-refractivity contribution in [1.82, 2.24) is 16.0 Å². The molecule has 4 amide bonds. The van der Waals surface area contributed by atoms with Crippen LogP contribution >= 0.6 is 11.8 Å². The fraction of sp³-hybridized carbons (Fsp3) is 0.667. The minimum atomic E-state index is -1.41. The topological polar surface area (TPSA) is 295 Å². The first-order valence-electron chi connectivity index (χ1n) is 11.7. The van der Waals surface area contributed by atoms with Gasteiger partial charge in [0.25, 0.3) is 0 Å². The summed E-state index contributed by atoms with van der Waals surface area (Å²) in [6, 6.07) is -5.01. The highest BCUT2D eigenvalue weighted by molar-refractivity contribution is 7.98. The molecule has 0 spiro atoms. The van der Waals surface area contributed by atoms with E-state index < -0.39 is 66.2 Å². The number of carboxylic acid groups (broad SMARTS) is 2. The van der Waals surface area contributed by atoms with Gasteiger partial charge in [0, 0.05) is 19.4 Å². The number of aliphatic imine (C=N–C) groups is 1. The number of hydrogen-bond acceptors (Lipinski definition) is 9. The maximum Gasteiger partial charge on any atom is 0.326 e. The van der Waals surface area contributed by atoms with Crippen molar-refractivity contribution in [1.29, 1.82) is 0 Å². The molecule has 38 heavy (non-hydrogen) atoms. The Kier molecular flexibility index (Phi) is 16.9. The molecule has 0 saturated heterocycles. The normalized spacial score (nSPS) is 13.7. The third kappa shape index (κ3) is 15.5. The van der Waals surface area contributed by atoms with Crippen molar-refractivity contribution in [2.45, 2.75) is 69.1 Å². The molecule has 0 aliphatic heterocycles. The average Bonchev–Trinajstić information content (AvgIpc) is 2.83. The van der Waals surface area contributed by atoms with Crippen LogP contribution in [0.15, 0.2) is 4.99 Å². The molecule has 0 fully saturated rings. The van der Waals surface area contributed by atoms with Gasteiger partial charge in [-0.15, -0.1) is 0 Å². The molecule has 0 heterocycles. The van der Waals surface area contributed by atoms with Gasteiger partial charge in [0.05, 0.1) is 6.04 Å². The zero-order chi connectivity index (χ0) is 29.3. The molecule has 4 unspecified atom stereocenters. The van der Waals surface area contributed by atoms with Crippen LogP contribution < -0.4 is 38.9 Å². The van der Waals surface area contributed by atoms with Gasteiger partial charge in [-0.3, -0.25) is 29.0 Å². The van der Waals surface area contributed by atoms with Crippen molar-refractivity contribution in [2.24, 2.45) is 27.9 Å². The Hall–Kier alpha value is -3.60. The molecule has 0 aromatic heterocycles. The van der Waals surface area contributed by atoms with Crippen molar-refractivity contribution in [3.05, 3.63) is 0 Å². The van der Waals surface area contributed by atoms with Gasteiger partial charge in [-0.2, -0.15) is 11.8 Å². The summed E-state index contributed by atoms with van der Waals surface area (Å²) in [5, 5.41) is 25.7. The summed E-state index contributed by atoms with van der Waals surface area (Å²) < 4.78 is 0. The minimum Gasteiger partial charge on any atom is -0.481 e. The van der Waals surface area contributed by atoms with Crippen LogP contribution in [-0.2, 0) is 28.8 Å². The zero-order valence-corrected chi connectivity index (χ0v) is 22.0. The zero-order valence-electron chi connectivity index (χ0n) is 21.2. The smallest absolute Gasteiger partial charge is 0.326 e.